The molecule has 96 valence electrons. The summed E-state index contributed by atoms with van der Waals surface area (Å²) in [6.45, 7) is 1.31. The number of nitrogens with one attached hydrogen (secondary N) is 1. The molecule has 2 aliphatic rings. The first-order valence-corrected chi connectivity index (χ1v) is 6.60. The van der Waals surface area contributed by atoms with E-state index in [1.165, 1.54) is 12.8 Å². The maximum atomic E-state index is 11.8. The lowest BCUT2D eigenvalue weighted by Gasteiger charge is -2.17. The smallest absolute Gasteiger partial charge is 0.220 e. The first-order chi connectivity index (χ1) is 8.81. The molecule has 5 heteroatoms. The molecule has 1 amide bonds. The van der Waals surface area contributed by atoms with Crippen LogP contribution >= 0.6 is 0 Å². The predicted molar refractivity (Wildman–Crippen MR) is 66.5 cm³/mol. The highest BCUT2D eigenvalue weighted by atomic mass is 16.1. The fraction of sp³-hybridized carbons (Fsp3) is 0.615. The van der Waals surface area contributed by atoms with Crippen LogP contribution in [0.15, 0.2) is 24.5 Å². The summed E-state index contributed by atoms with van der Waals surface area (Å²) < 4.78 is 1.72. The lowest BCUT2D eigenvalue weighted by atomic mass is 9.90. The highest BCUT2D eigenvalue weighted by molar-refractivity contribution is 5.76. The zero-order chi connectivity index (χ0) is 12.4. The molecule has 3 rings (SSSR count). The van der Waals surface area contributed by atoms with Crippen molar-refractivity contribution >= 4 is 5.91 Å². The van der Waals surface area contributed by atoms with Gasteiger partial charge < -0.3 is 5.32 Å². The van der Waals surface area contributed by atoms with E-state index in [1.54, 1.807) is 17.1 Å². The molecule has 1 heterocycles. The minimum atomic E-state index is 0.168. The molecule has 1 aromatic rings. The minimum absolute atomic E-state index is 0.168. The first kappa shape index (κ1) is 11.4. The average molecular weight is 246 g/mol. The van der Waals surface area contributed by atoms with Crippen LogP contribution in [0, 0.1) is 17.8 Å². The van der Waals surface area contributed by atoms with E-state index in [-0.39, 0.29) is 5.91 Å². The van der Waals surface area contributed by atoms with E-state index in [9.17, 15) is 4.79 Å². The van der Waals surface area contributed by atoms with Gasteiger partial charge in [0.2, 0.25) is 5.91 Å². The number of hydrogen-bond donors (Lipinski definition) is 1. The topological polar surface area (TPSA) is 59.8 Å². The van der Waals surface area contributed by atoms with Gasteiger partial charge in [0, 0.05) is 19.2 Å². The Bertz CT molecular complexity index is 440. The number of carbonyl (C=O) groups excluding carboxylic acids is 1. The fourth-order valence-corrected chi connectivity index (χ4v) is 3.10. The van der Waals surface area contributed by atoms with Gasteiger partial charge in [0.05, 0.1) is 12.7 Å². The second kappa shape index (κ2) is 4.92. The van der Waals surface area contributed by atoms with Crippen LogP contribution in [0.25, 0.3) is 0 Å². The van der Waals surface area contributed by atoms with E-state index in [4.69, 9.17) is 0 Å². The third-order valence-electron chi connectivity index (χ3n) is 4.00. The van der Waals surface area contributed by atoms with Crippen LogP contribution in [0.5, 0.6) is 0 Å². The largest absolute Gasteiger partial charge is 0.354 e. The molecule has 2 aliphatic carbocycles. The lowest BCUT2D eigenvalue weighted by Crippen LogP contribution is -2.29. The van der Waals surface area contributed by atoms with Crippen LogP contribution in [0.2, 0.25) is 0 Å². The minimum Gasteiger partial charge on any atom is -0.354 e. The number of hydrogen-bond acceptors (Lipinski definition) is 3. The normalized spacial score (nSPS) is 28.8. The van der Waals surface area contributed by atoms with Gasteiger partial charge in [-0.1, -0.05) is 17.4 Å². The number of nitrogens with zero attached hydrogens (tertiary/aromatic N) is 3. The van der Waals surface area contributed by atoms with Gasteiger partial charge >= 0.3 is 0 Å². The summed E-state index contributed by atoms with van der Waals surface area (Å²) >= 11 is 0. The SMILES string of the molecule is O=C(C[C@@H]1C[C@@H]2C=C[C@H]1C2)NCCn1ccnn1. The van der Waals surface area contributed by atoms with Crippen molar-refractivity contribution < 1.29 is 4.79 Å². The molecule has 0 unspecified atom stereocenters. The lowest BCUT2D eigenvalue weighted by molar-refractivity contribution is -0.122. The molecular weight excluding hydrogens is 228 g/mol. The molecule has 18 heavy (non-hydrogen) atoms. The summed E-state index contributed by atoms with van der Waals surface area (Å²) in [7, 11) is 0. The molecule has 1 aromatic heterocycles. The highest BCUT2D eigenvalue weighted by Crippen LogP contribution is 2.44. The predicted octanol–water partition coefficient (Wildman–Crippen LogP) is 0.997. The van der Waals surface area contributed by atoms with E-state index in [1.807, 2.05) is 0 Å². The summed E-state index contributed by atoms with van der Waals surface area (Å²) in [5.41, 5.74) is 0. The van der Waals surface area contributed by atoms with Crippen LogP contribution in [0.1, 0.15) is 19.3 Å². The van der Waals surface area contributed by atoms with Crippen molar-refractivity contribution in [3.05, 3.63) is 24.5 Å². The second-order valence-electron chi connectivity index (χ2n) is 5.26. The van der Waals surface area contributed by atoms with Gasteiger partial charge in [0.15, 0.2) is 0 Å². The Morgan fingerprint density at radius 2 is 2.33 bits per heavy atom. The zero-order valence-corrected chi connectivity index (χ0v) is 10.3. The number of fused-ring (bicyclic) bond motifs is 2. The van der Waals surface area contributed by atoms with E-state index in [0.717, 1.165) is 5.92 Å². The van der Waals surface area contributed by atoms with Crippen molar-refractivity contribution in [2.24, 2.45) is 17.8 Å². The first-order valence-electron chi connectivity index (χ1n) is 6.60. The molecule has 3 atom stereocenters. The molecule has 2 bridgehead atoms. The molecule has 0 radical (unpaired) electrons. The van der Waals surface area contributed by atoms with Crippen molar-refractivity contribution in [1.29, 1.82) is 0 Å². The van der Waals surface area contributed by atoms with E-state index in [0.29, 0.717) is 31.3 Å². The third-order valence-corrected chi connectivity index (χ3v) is 4.00. The van der Waals surface area contributed by atoms with E-state index in [2.05, 4.69) is 27.8 Å². The summed E-state index contributed by atoms with van der Waals surface area (Å²) in [6.07, 6.45) is 11.2. The molecule has 0 aromatic carbocycles. The van der Waals surface area contributed by atoms with Crippen molar-refractivity contribution in [2.75, 3.05) is 6.54 Å². The number of rotatable bonds is 5. The average Bonchev–Trinajstić information content (AvgIpc) is 3.04. The molecule has 1 saturated carbocycles. The fourth-order valence-electron chi connectivity index (χ4n) is 3.10. The number of allylic oxidation sites excluding steroid dienone is 2. The maximum absolute atomic E-state index is 11.8. The molecular formula is C13H18N4O. The van der Waals surface area contributed by atoms with Gasteiger partial charge in [-0.25, -0.2) is 0 Å². The summed E-state index contributed by atoms with van der Waals surface area (Å²) in [5.74, 6) is 2.12. The van der Waals surface area contributed by atoms with Crippen LogP contribution in [-0.2, 0) is 11.3 Å². The quantitative estimate of drug-likeness (QED) is 0.788. The van der Waals surface area contributed by atoms with E-state index >= 15 is 0 Å². The van der Waals surface area contributed by atoms with Crippen LogP contribution in [-0.4, -0.2) is 27.4 Å². The molecule has 1 fully saturated rings. The van der Waals surface area contributed by atoms with Crippen LogP contribution in [0.4, 0.5) is 0 Å². The van der Waals surface area contributed by atoms with Gasteiger partial charge in [0.1, 0.15) is 0 Å². The third kappa shape index (κ3) is 2.44. The molecule has 5 nitrogen and oxygen atoms in total. The van der Waals surface area contributed by atoms with Crippen molar-refractivity contribution in [1.82, 2.24) is 20.3 Å². The summed E-state index contributed by atoms with van der Waals surface area (Å²) in [5, 5.41) is 10.5. The Morgan fingerprint density at radius 1 is 1.39 bits per heavy atom. The molecule has 0 spiro atoms. The Balaban J connectivity index is 1.38. The van der Waals surface area contributed by atoms with Crippen LogP contribution < -0.4 is 5.32 Å². The Hall–Kier alpha value is -1.65. The van der Waals surface area contributed by atoms with Gasteiger partial charge in [-0.15, -0.1) is 5.10 Å². The Morgan fingerprint density at radius 3 is 3.00 bits per heavy atom. The van der Waals surface area contributed by atoms with E-state index < -0.39 is 0 Å². The Labute approximate surface area is 106 Å². The van der Waals surface area contributed by atoms with Gasteiger partial charge in [-0.3, -0.25) is 9.48 Å². The highest BCUT2D eigenvalue weighted by Gasteiger charge is 2.36. The maximum Gasteiger partial charge on any atom is 0.220 e. The van der Waals surface area contributed by atoms with Gasteiger partial charge in [0.25, 0.3) is 0 Å². The van der Waals surface area contributed by atoms with Crippen molar-refractivity contribution in [3.8, 4) is 0 Å². The summed E-state index contributed by atoms with van der Waals surface area (Å²) in [4.78, 5) is 11.8. The van der Waals surface area contributed by atoms with Gasteiger partial charge in [-0.2, -0.15) is 0 Å². The second-order valence-corrected chi connectivity index (χ2v) is 5.26. The standard InChI is InChI=1S/C13H18N4O/c18-13(14-3-5-17-6-4-15-16-17)9-12-8-10-1-2-11(12)7-10/h1-2,4,6,10-12H,3,5,7-9H2,(H,14,18)/t10-,11+,12+/m1/s1. The number of aromatic nitrogens is 3. The molecule has 1 N–H and O–H groups in total. The Kier molecular flexibility index (Phi) is 3.13. The monoisotopic (exact) mass is 246 g/mol. The number of amides is 1. The number of carbonyl (C=O) groups is 1. The van der Waals surface area contributed by atoms with Crippen molar-refractivity contribution in [2.45, 2.75) is 25.8 Å². The summed E-state index contributed by atoms with van der Waals surface area (Å²) in [6, 6.07) is 0. The van der Waals surface area contributed by atoms with Crippen LogP contribution in [0.3, 0.4) is 0 Å². The zero-order valence-electron chi connectivity index (χ0n) is 10.3. The molecule has 0 saturated heterocycles. The van der Waals surface area contributed by atoms with Gasteiger partial charge in [-0.05, 0) is 30.6 Å². The molecule has 0 aliphatic heterocycles. The van der Waals surface area contributed by atoms with Crippen molar-refractivity contribution in [3.63, 3.8) is 0 Å².